The average Bonchev–Trinajstić information content (AvgIpc) is 2.96. The molecule has 0 heterocycles. The SMILES string of the molecule is O=C(Nc1ccccc1)Nc1ccc2c3c(cccc13)CC2. The predicted octanol–water partition coefficient (Wildman–Crippen LogP) is 4.58. The minimum absolute atomic E-state index is 0.218. The molecule has 0 aliphatic heterocycles. The van der Waals surface area contributed by atoms with E-state index in [2.05, 4.69) is 34.9 Å². The summed E-state index contributed by atoms with van der Waals surface area (Å²) >= 11 is 0. The van der Waals surface area contributed by atoms with Gasteiger partial charge in [0.05, 0.1) is 5.69 Å². The van der Waals surface area contributed by atoms with Gasteiger partial charge in [-0.2, -0.15) is 0 Å². The fraction of sp³-hybridized carbons (Fsp3) is 0.105. The molecular formula is C19H16N2O. The van der Waals surface area contributed by atoms with Crippen molar-refractivity contribution < 1.29 is 4.79 Å². The van der Waals surface area contributed by atoms with Gasteiger partial charge in [0.15, 0.2) is 0 Å². The highest BCUT2D eigenvalue weighted by atomic mass is 16.2. The number of hydrogen-bond donors (Lipinski definition) is 2. The number of benzene rings is 3. The van der Waals surface area contributed by atoms with E-state index < -0.39 is 0 Å². The van der Waals surface area contributed by atoms with Crippen LogP contribution in [0.5, 0.6) is 0 Å². The van der Waals surface area contributed by atoms with Gasteiger partial charge in [0, 0.05) is 11.1 Å². The molecule has 1 aliphatic rings. The summed E-state index contributed by atoms with van der Waals surface area (Å²) in [4.78, 5) is 12.2. The van der Waals surface area contributed by atoms with E-state index in [1.54, 1.807) is 0 Å². The molecule has 0 spiro atoms. The number of rotatable bonds is 2. The van der Waals surface area contributed by atoms with Crippen molar-refractivity contribution in [1.82, 2.24) is 0 Å². The quantitative estimate of drug-likeness (QED) is 0.712. The summed E-state index contributed by atoms with van der Waals surface area (Å²) in [5.41, 5.74) is 4.39. The first-order chi connectivity index (χ1) is 10.8. The Balaban J connectivity index is 1.64. The van der Waals surface area contributed by atoms with E-state index in [-0.39, 0.29) is 6.03 Å². The Kier molecular flexibility index (Phi) is 3.04. The molecule has 0 radical (unpaired) electrons. The highest BCUT2D eigenvalue weighted by molar-refractivity contribution is 6.08. The highest BCUT2D eigenvalue weighted by Gasteiger charge is 2.16. The second kappa shape index (κ2) is 5.19. The third-order valence-corrected chi connectivity index (χ3v) is 4.16. The van der Waals surface area contributed by atoms with Gasteiger partial charge in [0.2, 0.25) is 0 Å². The van der Waals surface area contributed by atoms with Gasteiger partial charge in [-0.05, 0) is 47.6 Å². The zero-order chi connectivity index (χ0) is 14.9. The molecule has 0 atom stereocenters. The van der Waals surface area contributed by atoms with Crippen LogP contribution in [0.25, 0.3) is 10.8 Å². The number of amides is 2. The second-order valence-corrected chi connectivity index (χ2v) is 5.56. The second-order valence-electron chi connectivity index (χ2n) is 5.56. The summed E-state index contributed by atoms with van der Waals surface area (Å²) in [7, 11) is 0. The summed E-state index contributed by atoms with van der Waals surface area (Å²) < 4.78 is 0. The maximum Gasteiger partial charge on any atom is 0.323 e. The van der Waals surface area contributed by atoms with Crippen LogP contribution >= 0.6 is 0 Å². The normalized spacial score (nSPS) is 12.4. The van der Waals surface area contributed by atoms with Gasteiger partial charge in [-0.3, -0.25) is 0 Å². The zero-order valence-electron chi connectivity index (χ0n) is 12.1. The Morgan fingerprint density at radius 3 is 2.36 bits per heavy atom. The molecule has 1 aliphatic carbocycles. The minimum atomic E-state index is -0.218. The fourth-order valence-corrected chi connectivity index (χ4v) is 3.16. The van der Waals surface area contributed by atoms with Crippen molar-refractivity contribution in [2.24, 2.45) is 0 Å². The number of nitrogens with one attached hydrogen (secondary N) is 2. The fourth-order valence-electron chi connectivity index (χ4n) is 3.16. The van der Waals surface area contributed by atoms with Crippen LogP contribution in [-0.4, -0.2) is 6.03 Å². The average molecular weight is 288 g/mol. The Labute approximate surface area is 129 Å². The zero-order valence-corrected chi connectivity index (χ0v) is 12.1. The number of carbonyl (C=O) groups excluding carboxylic acids is 1. The first-order valence-electron chi connectivity index (χ1n) is 7.48. The monoisotopic (exact) mass is 288 g/mol. The third kappa shape index (κ3) is 2.21. The van der Waals surface area contributed by atoms with Crippen LogP contribution in [0, 0.1) is 0 Å². The Bertz CT molecular complexity index is 846. The van der Waals surface area contributed by atoms with E-state index in [4.69, 9.17) is 0 Å². The predicted molar refractivity (Wildman–Crippen MR) is 90.4 cm³/mol. The lowest BCUT2D eigenvalue weighted by Crippen LogP contribution is -2.19. The lowest BCUT2D eigenvalue weighted by atomic mass is 10.0. The molecule has 3 aromatic rings. The number of hydrogen-bond acceptors (Lipinski definition) is 1. The van der Waals surface area contributed by atoms with E-state index in [9.17, 15) is 4.79 Å². The van der Waals surface area contributed by atoms with Crippen molar-refractivity contribution in [3.63, 3.8) is 0 Å². The summed E-state index contributed by atoms with van der Waals surface area (Å²) in [6.45, 7) is 0. The molecule has 0 aromatic heterocycles. The molecule has 3 heteroatoms. The summed E-state index contributed by atoms with van der Waals surface area (Å²) in [5, 5.41) is 8.24. The molecule has 22 heavy (non-hydrogen) atoms. The minimum Gasteiger partial charge on any atom is -0.308 e. The summed E-state index contributed by atoms with van der Waals surface area (Å²) in [6.07, 6.45) is 2.18. The van der Waals surface area contributed by atoms with Gasteiger partial charge < -0.3 is 10.6 Å². The molecule has 0 saturated carbocycles. The lowest BCUT2D eigenvalue weighted by Gasteiger charge is -2.11. The number of para-hydroxylation sites is 1. The molecule has 2 N–H and O–H groups in total. The highest BCUT2D eigenvalue weighted by Crippen LogP contribution is 2.34. The van der Waals surface area contributed by atoms with E-state index >= 15 is 0 Å². The molecule has 2 amide bonds. The molecule has 0 bridgehead atoms. The maximum atomic E-state index is 12.2. The third-order valence-electron chi connectivity index (χ3n) is 4.16. The van der Waals surface area contributed by atoms with E-state index in [0.717, 1.165) is 29.6 Å². The number of aryl methyl sites for hydroxylation is 2. The number of urea groups is 1. The van der Waals surface area contributed by atoms with Crippen molar-refractivity contribution in [1.29, 1.82) is 0 Å². The van der Waals surface area contributed by atoms with Crippen LogP contribution in [0.3, 0.4) is 0 Å². The van der Waals surface area contributed by atoms with Crippen molar-refractivity contribution in [2.45, 2.75) is 12.8 Å². The summed E-state index contributed by atoms with van der Waals surface area (Å²) in [5.74, 6) is 0. The van der Waals surface area contributed by atoms with Crippen LogP contribution < -0.4 is 10.6 Å². The molecular weight excluding hydrogens is 272 g/mol. The Morgan fingerprint density at radius 1 is 0.773 bits per heavy atom. The first kappa shape index (κ1) is 12.9. The molecule has 4 rings (SSSR count). The van der Waals surface area contributed by atoms with Crippen LogP contribution in [0.15, 0.2) is 60.7 Å². The van der Waals surface area contributed by atoms with E-state index in [1.165, 1.54) is 16.5 Å². The first-order valence-corrected chi connectivity index (χ1v) is 7.48. The summed E-state index contributed by atoms with van der Waals surface area (Å²) in [6, 6.07) is 19.7. The number of anilines is 2. The van der Waals surface area contributed by atoms with E-state index in [0.29, 0.717) is 0 Å². The molecule has 108 valence electrons. The Hall–Kier alpha value is -2.81. The van der Waals surface area contributed by atoms with Gasteiger partial charge in [0.25, 0.3) is 0 Å². The van der Waals surface area contributed by atoms with Crippen LogP contribution in [0.1, 0.15) is 11.1 Å². The van der Waals surface area contributed by atoms with Crippen LogP contribution in [0.4, 0.5) is 16.2 Å². The van der Waals surface area contributed by atoms with Gasteiger partial charge in [-0.1, -0.05) is 42.5 Å². The number of carbonyl (C=O) groups is 1. The van der Waals surface area contributed by atoms with Crippen LogP contribution in [-0.2, 0) is 12.8 Å². The van der Waals surface area contributed by atoms with Crippen molar-refractivity contribution >= 4 is 28.2 Å². The smallest absolute Gasteiger partial charge is 0.308 e. The van der Waals surface area contributed by atoms with Gasteiger partial charge in [-0.25, -0.2) is 4.79 Å². The van der Waals surface area contributed by atoms with Crippen molar-refractivity contribution in [3.05, 3.63) is 71.8 Å². The lowest BCUT2D eigenvalue weighted by molar-refractivity contribution is 0.262. The van der Waals surface area contributed by atoms with Gasteiger partial charge in [-0.15, -0.1) is 0 Å². The van der Waals surface area contributed by atoms with Crippen molar-refractivity contribution in [3.8, 4) is 0 Å². The molecule has 0 saturated heterocycles. The largest absolute Gasteiger partial charge is 0.323 e. The molecule has 0 fully saturated rings. The van der Waals surface area contributed by atoms with Gasteiger partial charge >= 0.3 is 6.03 Å². The van der Waals surface area contributed by atoms with Crippen LogP contribution in [0.2, 0.25) is 0 Å². The molecule has 0 unspecified atom stereocenters. The molecule has 3 aromatic carbocycles. The maximum absolute atomic E-state index is 12.2. The van der Waals surface area contributed by atoms with Gasteiger partial charge in [0.1, 0.15) is 0 Å². The topological polar surface area (TPSA) is 41.1 Å². The van der Waals surface area contributed by atoms with Crippen molar-refractivity contribution in [2.75, 3.05) is 10.6 Å². The Morgan fingerprint density at radius 2 is 1.55 bits per heavy atom. The standard InChI is InChI=1S/C19H16N2O/c22-19(20-15-6-2-1-3-7-15)21-17-12-11-14-10-9-13-5-4-8-16(17)18(13)14/h1-8,11-12H,9-10H2,(H2,20,21,22). The van der Waals surface area contributed by atoms with E-state index in [1.807, 2.05) is 36.4 Å². The molecule has 3 nitrogen and oxygen atoms in total.